The topological polar surface area (TPSA) is 45.5 Å². The maximum atomic E-state index is 12.9. The van der Waals surface area contributed by atoms with Gasteiger partial charge in [-0.25, -0.2) is 0 Å². The maximum Gasteiger partial charge on any atom is 0.287 e. The van der Waals surface area contributed by atoms with E-state index in [-0.39, 0.29) is 5.91 Å². The molecule has 1 atom stereocenters. The molecule has 0 aliphatic heterocycles. The molecule has 27 heavy (non-hydrogen) atoms. The molecule has 3 aromatic rings. The fourth-order valence-corrected chi connectivity index (χ4v) is 5.03. The lowest BCUT2D eigenvalue weighted by Gasteiger charge is -2.24. The van der Waals surface area contributed by atoms with Crippen LogP contribution in [0.15, 0.2) is 50.4 Å². The van der Waals surface area contributed by atoms with Crippen LogP contribution in [0.4, 0.5) is 0 Å². The van der Waals surface area contributed by atoms with Crippen molar-refractivity contribution in [1.82, 2.24) is 10.2 Å². The first-order valence-electron chi connectivity index (χ1n) is 9.30. The third kappa shape index (κ3) is 4.23. The van der Waals surface area contributed by atoms with E-state index in [0.717, 1.165) is 22.3 Å². The van der Waals surface area contributed by atoms with Crippen LogP contribution < -0.4 is 5.32 Å². The van der Waals surface area contributed by atoms with E-state index in [1.165, 1.54) is 17.1 Å². The number of carbonyl (C=O) groups excluding carboxylic acids is 1. The van der Waals surface area contributed by atoms with Crippen molar-refractivity contribution in [2.45, 2.75) is 41.8 Å². The van der Waals surface area contributed by atoms with Crippen LogP contribution in [-0.2, 0) is 5.75 Å². The molecule has 0 spiro atoms. The number of para-hydroxylation sites is 1. The van der Waals surface area contributed by atoms with Gasteiger partial charge in [-0.15, -0.1) is 23.1 Å². The number of carbonyl (C=O) groups is 1. The van der Waals surface area contributed by atoms with Crippen molar-refractivity contribution in [3.8, 4) is 0 Å². The second-order valence-electron chi connectivity index (χ2n) is 7.08. The highest BCUT2D eigenvalue weighted by Crippen LogP contribution is 2.33. The van der Waals surface area contributed by atoms with Crippen LogP contribution in [0.5, 0.6) is 0 Å². The zero-order valence-electron chi connectivity index (χ0n) is 15.6. The molecule has 1 aliphatic carbocycles. The zero-order valence-corrected chi connectivity index (χ0v) is 17.2. The van der Waals surface area contributed by atoms with Gasteiger partial charge in [-0.05, 0) is 44.3 Å². The van der Waals surface area contributed by atoms with E-state index >= 15 is 0 Å². The first kappa shape index (κ1) is 18.6. The number of likely N-dealkylation sites (N-methyl/N-ethyl adjacent to an activating group) is 1. The highest BCUT2D eigenvalue weighted by molar-refractivity contribution is 8.00. The number of thiophene rings is 1. The van der Waals surface area contributed by atoms with Crippen LogP contribution in [-0.4, -0.2) is 36.5 Å². The number of furan rings is 1. The molecule has 1 aliphatic rings. The molecule has 4 rings (SSSR count). The molecular formula is C21H24N2O2S2. The third-order valence-corrected chi connectivity index (χ3v) is 7.29. The number of thioether (sulfide) groups is 1. The van der Waals surface area contributed by atoms with E-state index in [1.54, 1.807) is 23.1 Å². The summed E-state index contributed by atoms with van der Waals surface area (Å²) in [5, 5.41) is 6.17. The van der Waals surface area contributed by atoms with Crippen molar-refractivity contribution in [2.75, 3.05) is 13.6 Å². The summed E-state index contributed by atoms with van der Waals surface area (Å²) in [4.78, 5) is 15.2. The fourth-order valence-electron chi connectivity index (χ4n) is 3.22. The lowest BCUT2D eigenvalue weighted by molar-refractivity contribution is 0.0913. The van der Waals surface area contributed by atoms with E-state index < -0.39 is 0 Å². The summed E-state index contributed by atoms with van der Waals surface area (Å²) in [6.45, 7) is 2.78. The van der Waals surface area contributed by atoms with Gasteiger partial charge in [0.05, 0.1) is 4.21 Å². The second-order valence-corrected chi connectivity index (χ2v) is 9.31. The summed E-state index contributed by atoms with van der Waals surface area (Å²) >= 11 is 3.46. The summed E-state index contributed by atoms with van der Waals surface area (Å²) < 4.78 is 7.19. The van der Waals surface area contributed by atoms with E-state index in [9.17, 15) is 4.79 Å². The predicted molar refractivity (Wildman–Crippen MR) is 113 cm³/mol. The van der Waals surface area contributed by atoms with E-state index in [2.05, 4.69) is 35.6 Å². The van der Waals surface area contributed by atoms with Gasteiger partial charge < -0.3 is 9.73 Å². The largest absolute Gasteiger partial charge is 0.451 e. The van der Waals surface area contributed by atoms with Gasteiger partial charge in [-0.2, -0.15) is 0 Å². The average Bonchev–Trinajstić information content (AvgIpc) is 3.27. The van der Waals surface area contributed by atoms with Crippen LogP contribution in [0.2, 0.25) is 0 Å². The van der Waals surface area contributed by atoms with Crippen LogP contribution in [0.25, 0.3) is 11.0 Å². The Balaban J connectivity index is 1.50. The molecule has 2 aromatic heterocycles. The number of nitrogens with zero attached hydrogens (tertiary/aromatic N) is 1. The number of fused-ring (bicyclic) bond motifs is 1. The summed E-state index contributed by atoms with van der Waals surface area (Å²) in [5.74, 6) is 1.04. The van der Waals surface area contributed by atoms with Gasteiger partial charge in [-0.3, -0.25) is 9.69 Å². The summed E-state index contributed by atoms with van der Waals surface area (Å²) in [6, 6.07) is 13.0. The summed E-state index contributed by atoms with van der Waals surface area (Å²) in [7, 11) is 2.14. The van der Waals surface area contributed by atoms with Crippen LogP contribution >= 0.6 is 23.1 Å². The van der Waals surface area contributed by atoms with Crippen LogP contribution in [0, 0.1) is 0 Å². The van der Waals surface area contributed by atoms with Crippen molar-refractivity contribution >= 4 is 40.0 Å². The number of amides is 1. The van der Waals surface area contributed by atoms with Gasteiger partial charge in [0, 0.05) is 35.3 Å². The highest BCUT2D eigenvalue weighted by Gasteiger charge is 2.29. The lowest BCUT2D eigenvalue weighted by Crippen LogP contribution is -2.41. The Kier molecular flexibility index (Phi) is 5.57. The molecule has 1 fully saturated rings. The average molecular weight is 401 g/mol. The zero-order chi connectivity index (χ0) is 18.8. The molecule has 4 nitrogen and oxygen atoms in total. The molecule has 1 N–H and O–H groups in total. The quantitative estimate of drug-likeness (QED) is 0.541. The van der Waals surface area contributed by atoms with E-state index in [4.69, 9.17) is 4.42 Å². The minimum atomic E-state index is -0.121. The minimum Gasteiger partial charge on any atom is -0.451 e. The Labute approximate surface area is 167 Å². The Morgan fingerprint density at radius 1 is 1.33 bits per heavy atom. The molecule has 0 radical (unpaired) electrons. The van der Waals surface area contributed by atoms with Crippen LogP contribution in [0.1, 0.15) is 35.9 Å². The Bertz CT molecular complexity index is 916. The van der Waals surface area contributed by atoms with Crippen molar-refractivity contribution in [3.05, 3.63) is 53.1 Å². The number of nitrogens with one attached hydrogen (secondary N) is 1. The van der Waals surface area contributed by atoms with Gasteiger partial charge in [-0.1, -0.05) is 24.3 Å². The molecular weight excluding hydrogens is 376 g/mol. The predicted octanol–water partition coefficient (Wildman–Crippen LogP) is 5.00. The minimum absolute atomic E-state index is 0.121. The Morgan fingerprint density at radius 3 is 2.89 bits per heavy atom. The van der Waals surface area contributed by atoms with Gasteiger partial charge in [0.1, 0.15) is 5.58 Å². The number of benzene rings is 1. The Hall–Kier alpha value is -1.76. The van der Waals surface area contributed by atoms with Crippen LogP contribution in [0.3, 0.4) is 0 Å². The Morgan fingerprint density at radius 2 is 2.15 bits per heavy atom. The molecule has 1 unspecified atom stereocenters. The highest BCUT2D eigenvalue weighted by atomic mass is 32.2. The van der Waals surface area contributed by atoms with Gasteiger partial charge in [0.25, 0.3) is 5.91 Å². The number of hydrogen-bond donors (Lipinski definition) is 1. The van der Waals surface area contributed by atoms with Gasteiger partial charge in [0.15, 0.2) is 5.76 Å². The number of rotatable bonds is 8. The molecule has 0 bridgehead atoms. The standard InChI is InChI=1S/C21H24N2O2S2/c1-14(23(2)15-9-10-15)12-22-21(24)20-17(13-27-19-8-5-11-26-19)16-6-3-4-7-18(16)25-20/h3-8,11,14-15H,9-10,12-13H2,1-2H3,(H,22,24). The summed E-state index contributed by atoms with van der Waals surface area (Å²) in [5.41, 5.74) is 1.75. The fraction of sp³-hybridized carbons (Fsp3) is 0.381. The monoisotopic (exact) mass is 400 g/mol. The van der Waals surface area contributed by atoms with Crippen molar-refractivity contribution in [1.29, 1.82) is 0 Å². The molecule has 1 amide bonds. The van der Waals surface area contributed by atoms with Gasteiger partial charge >= 0.3 is 0 Å². The molecule has 142 valence electrons. The smallest absolute Gasteiger partial charge is 0.287 e. The maximum absolute atomic E-state index is 12.9. The molecule has 1 aromatic carbocycles. The number of hydrogen-bond acceptors (Lipinski definition) is 5. The summed E-state index contributed by atoms with van der Waals surface area (Å²) in [6.07, 6.45) is 2.53. The third-order valence-electron chi connectivity index (χ3n) is 5.13. The van der Waals surface area contributed by atoms with Gasteiger partial charge in [0.2, 0.25) is 0 Å². The molecule has 0 saturated heterocycles. The first-order valence-corrected chi connectivity index (χ1v) is 11.2. The first-order chi connectivity index (χ1) is 13.1. The van der Waals surface area contributed by atoms with Crippen molar-refractivity contribution < 1.29 is 9.21 Å². The molecule has 2 heterocycles. The van der Waals surface area contributed by atoms with Crippen molar-refractivity contribution in [3.63, 3.8) is 0 Å². The molecule has 6 heteroatoms. The normalized spacial score (nSPS) is 15.4. The second kappa shape index (κ2) is 8.09. The van der Waals surface area contributed by atoms with E-state index in [1.807, 2.05) is 30.3 Å². The SMILES string of the molecule is CC(CNC(=O)c1oc2ccccc2c1CSc1cccs1)N(C)C1CC1. The molecule has 1 saturated carbocycles. The lowest BCUT2D eigenvalue weighted by atomic mass is 10.1. The van der Waals surface area contributed by atoms with E-state index in [0.29, 0.717) is 24.4 Å². The van der Waals surface area contributed by atoms with Crippen molar-refractivity contribution in [2.24, 2.45) is 0 Å².